The fraction of sp³-hybridized carbons (Fsp3) is 0.550. The van der Waals surface area contributed by atoms with E-state index in [1.165, 1.54) is 0 Å². The van der Waals surface area contributed by atoms with E-state index >= 15 is 0 Å². The SMILES string of the molecule is Cc1ccc(CN2CCC3(CC2)CC(OCc2cccnc2)CO3)o1. The first-order chi connectivity index (χ1) is 12.2. The summed E-state index contributed by atoms with van der Waals surface area (Å²) in [6.07, 6.45) is 6.98. The average Bonchev–Trinajstić information content (AvgIpc) is 3.23. The van der Waals surface area contributed by atoms with Crippen molar-refractivity contribution >= 4 is 0 Å². The van der Waals surface area contributed by atoms with Crippen LogP contribution in [0.1, 0.15) is 36.3 Å². The van der Waals surface area contributed by atoms with Gasteiger partial charge in [0, 0.05) is 31.9 Å². The molecule has 0 bridgehead atoms. The molecule has 1 spiro atoms. The van der Waals surface area contributed by atoms with Gasteiger partial charge in [-0.25, -0.2) is 0 Å². The maximum absolute atomic E-state index is 6.19. The predicted molar refractivity (Wildman–Crippen MR) is 94.1 cm³/mol. The molecule has 2 aliphatic heterocycles. The molecule has 2 aromatic rings. The van der Waals surface area contributed by atoms with Crippen molar-refractivity contribution in [2.75, 3.05) is 19.7 Å². The summed E-state index contributed by atoms with van der Waals surface area (Å²) >= 11 is 0. The molecule has 2 aliphatic rings. The second-order valence-corrected chi connectivity index (χ2v) is 7.28. The zero-order chi connectivity index (χ0) is 17.1. The summed E-state index contributed by atoms with van der Waals surface area (Å²) in [5.74, 6) is 2.04. The minimum Gasteiger partial charge on any atom is -0.465 e. The number of likely N-dealkylation sites (tertiary alicyclic amines) is 1. The highest BCUT2D eigenvalue weighted by Crippen LogP contribution is 2.37. The van der Waals surface area contributed by atoms with Gasteiger partial charge in [0.25, 0.3) is 0 Å². The molecule has 2 aromatic heterocycles. The topological polar surface area (TPSA) is 47.7 Å². The van der Waals surface area contributed by atoms with Crippen LogP contribution in [0.3, 0.4) is 0 Å². The first-order valence-corrected chi connectivity index (χ1v) is 9.13. The lowest BCUT2D eigenvalue weighted by Gasteiger charge is -2.38. The van der Waals surface area contributed by atoms with Gasteiger partial charge in [0.2, 0.25) is 0 Å². The van der Waals surface area contributed by atoms with E-state index in [0.717, 1.165) is 56.0 Å². The zero-order valence-electron chi connectivity index (χ0n) is 14.8. The Bertz CT molecular complexity index is 677. The number of hydrogen-bond acceptors (Lipinski definition) is 5. The lowest BCUT2D eigenvalue weighted by atomic mass is 9.88. The number of furan rings is 1. The number of pyridine rings is 1. The van der Waals surface area contributed by atoms with Crippen LogP contribution in [0.2, 0.25) is 0 Å². The number of aryl methyl sites for hydroxylation is 1. The highest BCUT2D eigenvalue weighted by atomic mass is 16.6. The Morgan fingerprint density at radius 1 is 1.28 bits per heavy atom. The van der Waals surface area contributed by atoms with Crippen molar-refractivity contribution < 1.29 is 13.9 Å². The summed E-state index contributed by atoms with van der Waals surface area (Å²) in [5, 5.41) is 0. The molecule has 2 saturated heterocycles. The minimum absolute atomic E-state index is 0.00911. The largest absolute Gasteiger partial charge is 0.465 e. The van der Waals surface area contributed by atoms with Gasteiger partial charge >= 0.3 is 0 Å². The van der Waals surface area contributed by atoms with Gasteiger partial charge in [-0.3, -0.25) is 9.88 Å². The first-order valence-electron chi connectivity index (χ1n) is 9.13. The van der Waals surface area contributed by atoms with Gasteiger partial charge in [0.05, 0.1) is 31.5 Å². The highest BCUT2D eigenvalue weighted by molar-refractivity contribution is 5.07. The normalized spacial score (nSPS) is 23.3. The number of hydrogen-bond donors (Lipinski definition) is 0. The van der Waals surface area contributed by atoms with Crippen LogP contribution in [0.15, 0.2) is 41.1 Å². The molecule has 5 nitrogen and oxygen atoms in total. The van der Waals surface area contributed by atoms with E-state index in [4.69, 9.17) is 13.9 Å². The van der Waals surface area contributed by atoms with Crippen molar-refractivity contribution in [1.29, 1.82) is 0 Å². The van der Waals surface area contributed by atoms with E-state index in [2.05, 4.69) is 16.0 Å². The number of rotatable bonds is 5. The highest BCUT2D eigenvalue weighted by Gasteiger charge is 2.43. The molecular formula is C20H26N2O3. The Kier molecular flexibility index (Phi) is 4.88. The number of aromatic nitrogens is 1. The standard InChI is InChI=1S/C20H26N2O3/c1-16-4-5-18(25-16)13-22-9-6-20(7-10-22)11-19(15-24-20)23-14-17-3-2-8-21-12-17/h2-5,8,12,19H,6-7,9-11,13-15H2,1H3. The fourth-order valence-corrected chi connectivity index (χ4v) is 3.86. The second kappa shape index (κ2) is 7.28. The van der Waals surface area contributed by atoms with Gasteiger partial charge in [0.15, 0.2) is 0 Å². The number of ether oxygens (including phenoxy) is 2. The number of piperidine rings is 1. The smallest absolute Gasteiger partial charge is 0.118 e. The summed E-state index contributed by atoms with van der Waals surface area (Å²) in [6.45, 7) is 6.31. The Morgan fingerprint density at radius 2 is 2.16 bits per heavy atom. The average molecular weight is 342 g/mol. The van der Waals surface area contributed by atoms with E-state index in [9.17, 15) is 0 Å². The Hall–Kier alpha value is -1.69. The van der Waals surface area contributed by atoms with Gasteiger partial charge in [0.1, 0.15) is 11.5 Å². The molecular weight excluding hydrogens is 316 g/mol. The van der Waals surface area contributed by atoms with Crippen LogP contribution in [0, 0.1) is 6.92 Å². The van der Waals surface area contributed by atoms with Gasteiger partial charge in [-0.05, 0) is 43.5 Å². The fourth-order valence-electron chi connectivity index (χ4n) is 3.86. The maximum atomic E-state index is 6.19. The first kappa shape index (κ1) is 16.8. The monoisotopic (exact) mass is 342 g/mol. The molecule has 4 heterocycles. The third-order valence-corrected chi connectivity index (χ3v) is 5.33. The van der Waals surface area contributed by atoms with E-state index in [0.29, 0.717) is 13.2 Å². The molecule has 25 heavy (non-hydrogen) atoms. The van der Waals surface area contributed by atoms with Gasteiger partial charge in [-0.15, -0.1) is 0 Å². The Balaban J connectivity index is 1.24. The van der Waals surface area contributed by atoms with Gasteiger partial charge in [-0.2, -0.15) is 0 Å². The lowest BCUT2D eigenvalue weighted by Crippen LogP contribution is -2.43. The van der Waals surface area contributed by atoms with Crippen molar-refractivity contribution in [2.45, 2.75) is 51.0 Å². The molecule has 0 radical (unpaired) electrons. The van der Waals surface area contributed by atoms with Crippen LogP contribution in [-0.4, -0.2) is 41.3 Å². The molecule has 0 N–H and O–H groups in total. The molecule has 0 saturated carbocycles. The Labute approximate surface area is 148 Å². The third kappa shape index (κ3) is 4.11. The van der Waals surface area contributed by atoms with E-state index < -0.39 is 0 Å². The van der Waals surface area contributed by atoms with E-state index in [-0.39, 0.29) is 11.7 Å². The van der Waals surface area contributed by atoms with Crippen molar-refractivity contribution in [2.24, 2.45) is 0 Å². The molecule has 1 unspecified atom stereocenters. The van der Waals surface area contributed by atoms with E-state index in [1.54, 1.807) is 6.20 Å². The van der Waals surface area contributed by atoms with Crippen molar-refractivity contribution in [3.63, 3.8) is 0 Å². The summed E-state index contributed by atoms with van der Waals surface area (Å²) in [6, 6.07) is 8.11. The Morgan fingerprint density at radius 3 is 2.88 bits per heavy atom. The number of nitrogens with zero attached hydrogens (tertiary/aromatic N) is 2. The minimum atomic E-state index is 0.00911. The van der Waals surface area contributed by atoms with Gasteiger partial charge < -0.3 is 13.9 Å². The summed E-state index contributed by atoms with van der Waals surface area (Å²) < 4.78 is 17.9. The molecule has 0 aliphatic carbocycles. The van der Waals surface area contributed by atoms with Crippen LogP contribution in [0.25, 0.3) is 0 Å². The quantitative estimate of drug-likeness (QED) is 0.834. The van der Waals surface area contributed by atoms with Crippen LogP contribution < -0.4 is 0 Å². The van der Waals surface area contributed by atoms with Gasteiger partial charge in [-0.1, -0.05) is 6.07 Å². The van der Waals surface area contributed by atoms with Crippen molar-refractivity contribution in [3.8, 4) is 0 Å². The second-order valence-electron chi connectivity index (χ2n) is 7.28. The summed E-state index contributed by atoms with van der Waals surface area (Å²) in [5.41, 5.74) is 1.13. The molecule has 5 heteroatoms. The van der Waals surface area contributed by atoms with Crippen molar-refractivity contribution in [1.82, 2.24) is 9.88 Å². The zero-order valence-corrected chi connectivity index (χ0v) is 14.8. The van der Waals surface area contributed by atoms with Crippen molar-refractivity contribution in [3.05, 3.63) is 53.7 Å². The molecule has 0 amide bonds. The molecule has 0 aromatic carbocycles. The summed E-state index contributed by atoms with van der Waals surface area (Å²) in [4.78, 5) is 6.59. The van der Waals surface area contributed by atoms with Crippen LogP contribution in [0.4, 0.5) is 0 Å². The molecule has 134 valence electrons. The van der Waals surface area contributed by atoms with E-state index in [1.807, 2.05) is 31.3 Å². The molecule has 1 atom stereocenters. The third-order valence-electron chi connectivity index (χ3n) is 5.33. The summed E-state index contributed by atoms with van der Waals surface area (Å²) in [7, 11) is 0. The molecule has 4 rings (SSSR count). The van der Waals surface area contributed by atoms with Crippen LogP contribution >= 0.6 is 0 Å². The van der Waals surface area contributed by atoms with Crippen LogP contribution in [0.5, 0.6) is 0 Å². The maximum Gasteiger partial charge on any atom is 0.118 e. The predicted octanol–water partition coefficient (Wildman–Crippen LogP) is 3.32. The van der Waals surface area contributed by atoms with Crippen LogP contribution in [-0.2, 0) is 22.6 Å². The molecule has 2 fully saturated rings. The lowest BCUT2D eigenvalue weighted by molar-refractivity contribution is -0.0476.